The van der Waals surface area contributed by atoms with Crippen LogP contribution in [0.1, 0.15) is 57.1 Å². The maximum Gasteiger partial charge on any atom is 0.407 e. The molecule has 180 valence electrons. The standard InChI is InChI=1S/C27H32N2O5/c1-17-18(25(31)32)13-8-14-29(17)24(30)15-27(2,3)28-26(33)34-16-23-21-11-6-4-9-19(21)20-10-5-7-12-22(20)23/h4-7,9-12,17-18,23H,8,13-16H2,1-3H3,(H,28,33)(H,31,32)/t17-,18-/m0/s1. The second-order valence-corrected chi connectivity index (χ2v) is 9.93. The third-order valence-corrected chi connectivity index (χ3v) is 7.00. The fourth-order valence-electron chi connectivity index (χ4n) is 5.26. The molecule has 1 fully saturated rings. The lowest BCUT2D eigenvalue weighted by molar-refractivity contribution is -0.149. The third kappa shape index (κ3) is 4.79. The number of rotatable bonds is 6. The van der Waals surface area contributed by atoms with E-state index in [4.69, 9.17) is 4.74 Å². The Kier molecular flexibility index (Phi) is 6.64. The summed E-state index contributed by atoms with van der Waals surface area (Å²) >= 11 is 0. The number of nitrogens with zero attached hydrogens (tertiary/aromatic N) is 1. The van der Waals surface area contributed by atoms with Gasteiger partial charge >= 0.3 is 12.1 Å². The summed E-state index contributed by atoms with van der Waals surface area (Å²) in [4.78, 5) is 38.7. The summed E-state index contributed by atoms with van der Waals surface area (Å²) in [6.07, 6.45) is 0.720. The van der Waals surface area contributed by atoms with Gasteiger partial charge in [-0.1, -0.05) is 48.5 Å². The number of amides is 2. The second kappa shape index (κ2) is 9.49. The summed E-state index contributed by atoms with van der Waals surface area (Å²) in [5.74, 6) is -1.63. The van der Waals surface area contributed by atoms with E-state index in [1.165, 1.54) is 0 Å². The van der Waals surface area contributed by atoms with Crippen LogP contribution in [0, 0.1) is 5.92 Å². The number of carboxylic acid groups (broad SMARTS) is 1. The molecule has 2 aliphatic rings. The summed E-state index contributed by atoms with van der Waals surface area (Å²) < 4.78 is 5.62. The summed E-state index contributed by atoms with van der Waals surface area (Å²) in [7, 11) is 0. The Bertz CT molecular complexity index is 1050. The van der Waals surface area contributed by atoms with Crippen LogP contribution in [-0.2, 0) is 14.3 Å². The van der Waals surface area contributed by atoms with Crippen molar-refractivity contribution in [1.29, 1.82) is 0 Å². The molecule has 4 rings (SSSR count). The van der Waals surface area contributed by atoms with Crippen molar-refractivity contribution >= 4 is 18.0 Å². The molecule has 0 saturated carbocycles. The van der Waals surface area contributed by atoms with E-state index in [1.807, 2.05) is 24.3 Å². The lowest BCUT2D eigenvalue weighted by atomic mass is 9.89. The van der Waals surface area contributed by atoms with Gasteiger partial charge in [0, 0.05) is 30.5 Å². The number of piperidine rings is 1. The minimum Gasteiger partial charge on any atom is -0.481 e. The molecule has 1 heterocycles. The highest BCUT2D eigenvalue weighted by Crippen LogP contribution is 2.44. The van der Waals surface area contributed by atoms with Gasteiger partial charge in [-0.25, -0.2) is 4.79 Å². The number of aliphatic carboxylic acids is 1. The van der Waals surface area contributed by atoms with Crippen molar-refractivity contribution in [3.63, 3.8) is 0 Å². The molecule has 2 amide bonds. The van der Waals surface area contributed by atoms with E-state index >= 15 is 0 Å². The van der Waals surface area contributed by atoms with Crippen LogP contribution in [0.4, 0.5) is 4.79 Å². The molecule has 7 heteroatoms. The van der Waals surface area contributed by atoms with Gasteiger partial charge in [-0.05, 0) is 55.9 Å². The minimum atomic E-state index is -0.874. The zero-order valence-electron chi connectivity index (χ0n) is 19.9. The van der Waals surface area contributed by atoms with Gasteiger partial charge in [0.25, 0.3) is 0 Å². The Morgan fingerprint density at radius 1 is 1.06 bits per heavy atom. The van der Waals surface area contributed by atoms with E-state index in [2.05, 4.69) is 29.6 Å². The number of hydrogen-bond donors (Lipinski definition) is 2. The van der Waals surface area contributed by atoms with Crippen LogP contribution in [0.5, 0.6) is 0 Å². The van der Waals surface area contributed by atoms with E-state index in [9.17, 15) is 19.5 Å². The topological polar surface area (TPSA) is 95.9 Å². The molecule has 0 radical (unpaired) electrons. The van der Waals surface area contributed by atoms with Gasteiger partial charge in [0.15, 0.2) is 0 Å². The Morgan fingerprint density at radius 3 is 2.24 bits per heavy atom. The number of carbonyl (C=O) groups excluding carboxylic acids is 2. The summed E-state index contributed by atoms with van der Waals surface area (Å²) in [6, 6.07) is 15.9. The van der Waals surface area contributed by atoms with Gasteiger partial charge in [0.1, 0.15) is 6.61 Å². The van der Waals surface area contributed by atoms with Crippen molar-refractivity contribution in [1.82, 2.24) is 10.2 Å². The normalized spacial score (nSPS) is 19.8. The molecule has 2 N–H and O–H groups in total. The minimum absolute atomic E-state index is 0.0370. The van der Waals surface area contributed by atoms with Crippen LogP contribution in [0.2, 0.25) is 0 Å². The Morgan fingerprint density at radius 2 is 1.65 bits per heavy atom. The molecule has 1 aliphatic carbocycles. The molecule has 0 unspecified atom stereocenters. The monoisotopic (exact) mass is 464 g/mol. The predicted octanol–water partition coefficient (Wildman–Crippen LogP) is 4.41. The molecule has 0 bridgehead atoms. The van der Waals surface area contributed by atoms with Gasteiger partial charge in [-0.15, -0.1) is 0 Å². The van der Waals surface area contributed by atoms with E-state index in [0.717, 1.165) is 22.3 Å². The van der Waals surface area contributed by atoms with Crippen molar-refractivity contribution in [2.75, 3.05) is 13.2 Å². The second-order valence-electron chi connectivity index (χ2n) is 9.93. The first-order valence-electron chi connectivity index (χ1n) is 11.8. The number of ether oxygens (including phenoxy) is 1. The molecule has 7 nitrogen and oxygen atoms in total. The Balaban J connectivity index is 1.36. The van der Waals surface area contributed by atoms with Crippen molar-refractivity contribution in [2.45, 2.75) is 57.5 Å². The summed E-state index contributed by atoms with van der Waals surface area (Å²) in [5.41, 5.74) is 3.76. The van der Waals surface area contributed by atoms with Crippen LogP contribution in [0.15, 0.2) is 48.5 Å². The van der Waals surface area contributed by atoms with Crippen LogP contribution in [0.3, 0.4) is 0 Å². The lowest BCUT2D eigenvalue weighted by Gasteiger charge is -2.39. The number of carbonyl (C=O) groups is 3. The average molecular weight is 465 g/mol. The molecular formula is C27H32N2O5. The number of carboxylic acids is 1. The number of benzene rings is 2. The molecular weight excluding hydrogens is 432 g/mol. The number of nitrogens with one attached hydrogen (secondary N) is 1. The Hall–Kier alpha value is -3.35. The van der Waals surface area contributed by atoms with Crippen LogP contribution in [0.25, 0.3) is 11.1 Å². The van der Waals surface area contributed by atoms with Gasteiger partial charge < -0.3 is 20.1 Å². The third-order valence-electron chi connectivity index (χ3n) is 7.00. The average Bonchev–Trinajstić information content (AvgIpc) is 3.10. The number of hydrogen-bond acceptors (Lipinski definition) is 4. The SMILES string of the molecule is C[C@H]1[C@@H](C(=O)O)CCCN1C(=O)CC(C)(C)NC(=O)OCC1c2ccccc2-c2ccccc21. The van der Waals surface area contributed by atoms with Crippen LogP contribution in [-0.4, -0.2) is 52.7 Å². The van der Waals surface area contributed by atoms with Crippen molar-refractivity contribution in [3.8, 4) is 11.1 Å². The molecule has 2 atom stereocenters. The zero-order chi connectivity index (χ0) is 24.5. The van der Waals surface area contributed by atoms with E-state index in [1.54, 1.807) is 25.7 Å². The first-order valence-corrected chi connectivity index (χ1v) is 11.8. The van der Waals surface area contributed by atoms with Crippen molar-refractivity contribution in [2.24, 2.45) is 5.92 Å². The van der Waals surface area contributed by atoms with Crippen LogP contribution >= 0.6 is 0 Å². The maximum absolute atomic E-state index is 13.0. The van der Waals surface area contributed by atoms with Gasteiger partial charge in [-0.2, -0.15) is 0 Å². The van der Waals surface area contributed by atoms with Crippen molar-refractivity contribution in [3.05, 3.63) is 59.7 Å². The van der Waals surface area contributed by atoms with Gasteiger partial charge in [0.2, 0.25) is 5.91 Å². The highest BCUT2D eigenvalue weighted by Gasteiger charge is 2.37. The Labute approximate surface area is 200 Å². The molecule has 0 spiro atoms. The molecule has 34 heavy (non-hydrogen) atoms. The number of alkyl carbamates (subject to hydrolysis) is 1. The van der Waals surface area contributed by atoms with E-state index < -0.39 is 23.5 Å². The van der Waals surface area contributed by atoms with Gasteiger partial charge in [0.05, 0.1) is 5.92 Å². The maximum atomic E-state index is 13.0. The zero-order valence-corrected chi connectivity index (χ0v) is 19.9. The van der Waals surface area contributed by atoms with E-state index in [0.29, 0.717) is 19.4 Å². The molecule has 1 saturated heterocycles. The van der Waals surface area contributed by atoms with E-state index in [-0.39, 0.29) is 30.9 Å². The summed E-state index contributed by atoms with van der Waals surface area (Å²) in [5, 5.41) is 12.2. The highest BCUT2D eigenvalue weighted by molar-refractivity contribution is 5.81. The first kappa shape index (κ1) is 23.8. The number of likely N-dealkylation sites (tertiary alicyclic amines) is 1. The highest BCUT2D eigenvalue weighted by atomic mass is 16.5. The predicted molar refractivity (Wildman–Crippen MR) is 128 cm³/mol. The summed E-state index contributed by atoms with van der Waals surface area (Å²) in [6.45, 7) is 6.06. The fraction of sp³-hybridized carbons (Fsp3) is 0.444. The van der Waals surface area contributed by atoms with Crippen LogP contribution < -0.4 is 5.32 Å². The molecule has 2 aromatic rings. The lowest BCUT2D eigenvalue weighted by Crippen LogP contribution is -2.53. The number of fused-ring (bicyclic) bond motifs is 3. The molecule has 2 aromatic carbocycles. The smallest absolute Gasteiger partial charge is 0.407 e. The fourth-order valence-corrected chi connectivity index (χ4v) is 5.26. The largest absolute Gasteiger partial charge is 0.481 e. The first-order chi connectivity index (χ1) is 16.2. The molecule has 1 aliphatic heterocycles. The molecule has 0 aromatic heterocycles. The van der Waals surface area contributed by atoms with Gasteiger partial charge in [-0.3, -0.25) is 9.59 Å². The quantitative estimate of drug-likeness (QED) is 0.660. The van der Waals surface area contributed by atoms with Crippen molar-refractivity contribution < 1.29 is 24.2 Å².